The molecule has 0 aromatic heterocycles. The Hall–Kier alpha value is -0.750. The maximum Gasteiger partial charge on any atom is 0.111 e. The van der Waals surface area contributed by atoms with Crippen molar-refractivity contribution in [1.82, 2.24) is 0 Å². The zero-order chi connectivity index (χ0) is 10.6. The van der Waals surface area contributed by atoms with E-state index >= 15 is 0 Å². The van der Waals surface area contributed by atoms with Crippen LogP contribution in [0.25, 0.3) is 0 Å². The smallest absolute Gasteiger partial charge is 0.111 e. The molecule has 1 aromatic rings. The molecule has 0 amide bonds. The van der Waals surface area contributed by atoms with E-state index in [1.165, 1.54) is 6.92 Å². The van der Waals surface area contributed by atoms with Crippen molar-refractivity contribution in [3.8, 4) is 0 Å². The minimum atomic E-state index is -2.60. The molecule has 1 N–H and O–H groups in total. The first-order valence-corrected chi connectivity index (χ1v) is 5.03. The molecule has 0 fully saturated rings. The van der Waals surface area contributed by atoms with Crippen molar-refractivity contribution >= 4 is 11.4 Å². The average molecular weight is 215 g/mol. The number of aliphatic hydroxyl groups is 1. The van der Waals surface area contributed by atoms with Crippen LogP contribution in [0.3, 0.4) is 0 Å². The van der Waals surface area contributed by atoms with E-state index in [0.717, 1.165) is 0 Å². The standard InChI is InChI=1S/C9H12O4S/c1-9(10,7-13-14(11)12)8-5-3-2-4-6-8/h2-6,10H,7H2,1H3,(H,11,12)/p-1. The number of hydrogen-bond acceptors (Lipinski definition) is 4. The molecule has 1 rings (SSSR count). The maximum absolute atomic E-state index is 10.1. The number of benzene rings is 1. The van der Waals surface area contributed by atoms with Crippen LogP contribution in [-0.2, 0) is 21.1 Å². The third kappa shape index (κ3) is 3.19. The van der Waals surface area contributed by atoms with Gasteiger partial charge in [0, 0.05) is 0 Å². The van der Waals surface area contributed by atoms with E-state index in [-0.39, 0.29) is 6.61 Å². The second-order valence-electron chi connectivity index (χ2n) is 3.11. The molecule has 78 valence electrons. The molecule has 0 bridgehead atoms. The first kappa shape index (κ1) is 11.3. The van der Waals surface area contributed by atoms with Crippen molar-refractivity contribution in [2.24, 2.45) is 0 Å². The Morgan fingerprint density at radius 2 is 2.07 bits per heavy atom. The summed E-state index contributed by atoms with van der Waals surface area (Å²) in [5.41, 5.74) is -0.674. The summed E-state index contributed by atoms with van der Waals surface area (Å²) >= 11 is -2.60. The fraction of sp³-hybridized carbons (Fsp3) is 0.333. The van der Waals surface area contributed by atoms with Crippen molar-refractivity contribution in [1.29, 1.82) is 0 Å². The molecule has 1 aromatic carbocycles. The Balaban J connectivity index is 2.70. The molecule has 2 atom stereocenters. The van der Waals surface area contributed by atoms with Crippen LogP contribution in [0.1, 0.15) is 12.5 Å². The number of hydrogen-bond donors (Lipinski definition) is 1. The van der Waals surface area contributed by atoms with E-state index in [9.17, 15) is 13.9 Å². The zero-order valence-electron chi connectivity index (χ0n) is 7.67. The first-order chi connectivity index (χ1) is 6.52. The van der Waals surface area contributed by atoms with Gasteiger partial charge < -0.3 is 9.66 Å². The summed E-state index contributed by atoms with van der Waals surface area (Å²) in [4.78, 5) is 0. The van der Waals surface area contributed by atoms with E-state index < -0.39 is 17.0 Å². The van der Waals surface area contributed by atoms with Gasteiger partial charge in [-0.25, -0.2) is 4.21 Å². The molecule has 0 saturated heterocycles. The lowest BCUT2D eigenvalue weighted by molar-refractivity contribution is 0.00887. The highest BCUT2D eigenvalue weighted by Crippen LogP contribution is 2.20. The van der Waals surface area contributed by atoms with Crippen molar-refractivity contribution in [2.75, 3.05) is 6.61 Å². The molecule has 14 heavy (non-hydrogen) atoms. The van der Waals surface area contributed by atoms with Gasteiger partial charge in [-0.1, -0.05) is 30.3 Å². The van der Waals surface area contributed by atoms with Crippen molar-refractivity contribution in [2.45, 2.75) is 12.5 Å². The minimum absolute atomic E-state index is 0.285. The van der Waals surface area contributed by atoms with Crippen LogP contribution in [0.2, 0.25) is 0 Å². The lowest BCUT2D eigenvalue weighted by atomic mass is 9.97. The van der Waals surface area contributed by atoms with Crippen LogP contribution in [0.15, 0.2) is 30.3 Å². The van der Waals surface area contributed by atoms with Gasteiger partial charge in [-0.05, 0) is 12.5 Å². The Bertz CT molecular complexity index is 310. The zero-order valence-corrected chi connectivity index (χ0v) is 8.49. The van der Waals surface area contributed by atoms with Gasteiger partial charge in [0.25, 0.3) is 0 Å². The van der Waals surface area contributed by atoms with E-state index in [4.69, 9.17) is 0 Å². The molecule has 0 radical (unpaired) electrons. The second-order valence-corrected chi connectivity index (χ2v) is 3.75. The van der Waals surface area contributed by atoms with Gasteiger partial charge >= 0.3 is 0 Å². The van der Waals surface area contributed by atoms with Gasteiger partial charge in [0.05, 0.1) is 18.0 Å². The molecule has 0 aliphatic carbocycles. The Morgan fingerprint density at radius 1 is 1.50 bits per heavy atom. The van der Waals surface area contributed by atoms with Crippen LogP contribution in [0.5, 0.6) is 0 Å². The van der Waals surface area contributed by atoms with E-state index in [0.29, 0.717) is 5.56 Å². The summed E-state index contributed by atoms with van der Waals surface area (Å²) < 4.78 is 24.6. The molecule has 2 unspecified atom stereocenters. The molecule has 0 saturated carbocycles. The van der Waals surface area contributed by atoms with Crippen molar-refractivity contribution in [3.05, 3.63) is 35.9 Å². The Labute approximate surface area is 85.0 Å². The summed E-state index contributed by atoms with van der Waals surface area (Å²) in [5, 5.41) is 9.84. The van der Waals surface area contributed by atoms with Crippen LogP contribution >= 0.6 is 0 Å². The second kappa shape index (κ2) is 4.65. The first-order valence-electron chi connectivity index (χ1n) is 4.03. The minimum Gasteiger partial charge on any atom is -0.750 e. The van der Waals surface area contributed by atoms with E-state index in [1.807, 2.05) is 6.07 Å². The van der Waals surface area contributed by atoms with Gasteiger partial charge in [-0.2, -0.15) is 0 Å². The topological polar surface area (TPSA) is 69.6 Å². The summed E-state index contributed by atoms with van der Waals surface area (Å²) in [6.45, 7) is 1.21. The molecule has 0 heterocycles. The van der Waals surface area contributed by atoms with Crippen LogP contribution in [-0.4, -0.2) is 20.5 Å². The highest BCUT2D eigenvalue weighted by Gasteiger charge is 2.23. The van der Waals surface area contributed by atoms with Gasteiger partial charge in [0.2, 0.25) is 0 Å². The van der Waals surface area contributed by atoms with Crippen LogP contribution in [0.4, 0.5) is 0 Å². The Morgan fingerprint density at radius 3 is 2.57 bits per heavy atom. The predicted octanol–water partition coefficient (Wildman–Crippen LogP) is 0.705. The quantitative estimate of drug-likeness (QED) is 0.751. The molecule has 0 spiro atoms. The fourth-order valence-electron chi connectivity index (χ4n) is 1.04. The third-order valence-corrected chi connectivity index (χ3v) is 2.14. The summed E-state index contributed by atoms with van der Waals surface area (Å²) in [6.07, 6.45) is 0. The van der Waals surface area contributed by atoms with Crippen molar-refractivity contribution in [3.63, 3.8) is 0 Å². The van der Waals surface area contributed by atoms with E-state index in [1.54, 1.807) is 24.3 Å². The van der Waals surface area contributed by atoms with Gasteiger partial charge in [0.15, 0.2) is 0 Å². The molecule has 5 heteroatoms. The van der Waals surface area contributed by atoms with E-state index in [2.05, 4.69) is 4.18 Å². The van der Waals surface area contributed by atoms with Gasteiger partial charge in [-0.15, -0.1) is 0 Å². The highest BCUT2D eigenvalue weighted by atomic mass is 32.2. The number of rotatable bonds is 4. The normalized spacial score (nSPS) is 17.4. The molecular weight excluding hydrogens is 204 g/mol. The summed E-state index contributed by atoms with van der Waals surface area (Å²) in [5.74, 6) is 0. The predicted molar refractivity (Wildman–Crippen MR) is 50.9 cm³/mol. The molecule has 4 nitrogen and oxygen atoms in total. The maximum atomic E-state index is 10.1. The largest absolute Gasteiger partial charge is 0.750 e. The monoisotopic (exact) mass is 215 g/mol. The molecular formula is C9H11O4S-. The SMILES string of the molecule is CC(O)(COS(=O)[O-])c1ccccc1. The summed E-state index contributed by atoms with van der Waals surface area (Å²) in [7, 11) is 0. The molecule has 0 aliphatic rings. The summed E-state index contributed by atoms with van der Waals surface area (Å²) in [6, 6.07) is 8.75. The highest BCUT2D eigenvalue weighted by molar-refractivity contribution is 7.74. The third-order valence-electron chi connectivity index (χ3n) is 1.83. The fourth-order valence-corrected chi connectivity index (χ4v) is 1.37. The molecule has 0 aliphatic heterocycles. The lowest BCUT2D eigenvalue weighted by Crippen LogP contribution is -2.28. The van der Waals surface area contributed by atoms with Crippen LogP contribution in [0, 0.1) is 0 Å². The average Bonchev–Trinajstić information content (AvgIpc) is 2.16. The van der Waals surface area contributed by atoms with Crippen LogP contribution < -0.4 is 0 Å². The van der Waals surface area contributed by atoms with Crippen molar-refractivity contribution < 1.29 is 18.1 Å². The Kier molecular flexibility index (Phi) is 3.77. The van der Waals surface area contributed by atoms with Gasteiger partial charge in [0.1, 0.15) is 5.60 Å². The lowest BCUT2D eigenvalue weighted by Gasteiger charge is -2.23. The van der Waals surface area contributed by atoms with Gasteiger partial charge in [-0.3, -0.25) is 4.18 Å².